The molecule has 0 aromatic carbocycles. The summed E-state index contributed by atoms with van der Waals surface area (Å²) in [4.78, 5) is 14.5. The molecule has 0 saturated heterocycles. The minimum atomic E-state index is 0.434. The van der Waals surface area contributed by atoms with E-state index >= 15 is 0 Å². The monoisotopic (exact) mass is 350 g/mol. The summed E-state index contributed by atoms with van der Waals surface area (Å²) < 4.78 is 5.70. The van der Waals surface area contributed by atoms with Crippen LogP contribution < -0.4 is 5.32 Å². The maximum absolute atomic E-state index is 5.70. The average Bonchev–Trinajstić information content (AvgIpc) is 3.20. The third kappa shape index (κ3) is 2.85. The van der Waals surface area contributed by atoms with Gasteiger partial charge in [-0.2, -0.15) is 0 Å². The third-order valence-corrected chi connectivity index (χ3v) is 4.84. The van der Waals surface area contributed by atoms with E-state index in [1.807, 2.05) is 29.6 Å². The Kier molecular flexibility index (Phi) is 3.41. The highest BCUT2D eigenvalue weighted by atomic mass is 32.1. The third-order valence-electron chi connectivity index (χ3n) is 4.04. The second kappa shape index (κ2) is 5.89. The first-order valence-corrected chi connectivity index (χ1v) is 8.97. The molecule has 1 aliphatic carbocycles. The maximum Gasteiger partial charge on any atom is 0.235 e. The van der Waals surface area contributed by atoms with Crippen LogP contribution in [0.15, 0.2) is 40.3 Å². The lowest BCUT2D eigenvalue weighted by Gasteiger charge is -2.07. The predicted octanol–water partition coefficient (Wildman–Crippen LogP) is 3.63. The van der Waals surface area contributed by atoms with Crippen molar-refractivity contribution in [3.63, 3.8) is 0 Å². The summed E-state index contributed by atoms with van der Waals surface area (Å²) in [6, 6.07) is 7.71. The Bertz CT molecular complexity index is 1020. The van der Waals surface area contributed by atoms with Crippen molar-refractivity contribution in [1.29, 1.82) is 0 Å². The highest BCUT2D eigenvalue weighted by Crippen LogP contribution is 2.39. The van der Waals surface area contributed by atoms with Crippen LogP contribution in [0, 0.1) is 0 Å². The molecular formula is C17H14N6OS. The SMILES string of the molecule is c1ccc(-c2nc(NCc3nnc(C4CC4)o3)c3ccsc3n2)nc1. The van der Waals surface area contributed by atoms with Crippen molar-refractivity contribution in [1.82, 2.24) is 25.1 Å². The quantitative estimate of drug-likeness (QED) is 0.588. The summed E-state index contributed by atoms with van der Waals surface area (Å²) in [7, 11) is 0. The molecule has 124 valence electrons. The van der Waals surface area contributed by atoms with Gasteiger partial charge in [-0.25, -0.2) is 9.97 Å². The second-order valence-electron chi connectivity index (χ2n) is 5.91. The van der Waals surface area contributed by atoms with Gasteiger partial charge in [0, 0.05) is 12.1 Å². The van der Waals surface area contributed by atoms with E-state index in [4.69, 9.17) is 4.42 Å². The number of hydrogen-bond acceptors (Lipinski definition) is 8. The molecule has 4 aromatic heterocycles. The van der Waals surface area contributed by atoms with Crippen LogP contribution in [0.3, 0.4) is 0 Å². The van der Waals surface area contributed by atoms with Gasteiger partial charge in [-0.05, 0) is 36.4 Å². The van der Waals surface area contributed by atoms with Crippen LogP contribution >= 0.6 is 11.3 Å². The van der Waals surface area contributed by atoms with Gasteiger partial charge in [-0.3, -0.25) is 4.98 Å². The van der Waals surface area contributed by atoms with E-state index in [1.54, 1.807) is 17.5 Å². The van der Waals surface area contributed by atoms with Crippen molar-refractivity contribution in [3.05, 3.63) is 47.6 Å². The molecule has 0 unspecified atom stereocenters. The molecular weight excluding hydrogens is 336 g/mol. The van der Waals surface area contributed by atoms with Gasteiger partial charge >= 0.3 is 0 Å². The fourth-order valence-corrected chi connectivity index (χ4v) is 3.36. The van der Waals surface area contributed by atoms with E-state index < -0.39 is 0 Å². The molecule has 1 fully saturated rings. The van der Waals surface area contributed by atoms with Gasteiger partial charge in [0.25, 0.3) is 0 Å². The van der Waals surface area contributed by atoms with E-state index in [2.05, 4.69) is 30.5 Å². The number of nitrogens with zero attached hydrogens (tertiary/aromatic N) is 5. The van der Waals surface area contributed by atoms with E-state index in [0.29, 0.717) is 24.2 Å². The number of pyridine rings is 1. The fraction of sp³-hybridized carbons (Fsp3) is 0.235. The molecule has 1 N–H and O–H groups in total. The Hall–Kier alpha value is -2.87. The van der Waals surface area contributed by atoms with E-state index in [-0.39, 0.29) is 0 Å². The van der Waals surface area contributed by atoms with E-state index in [9.17, 15) is 0 Å². The normalized spacial score (nSPS) is 14.1. The molecule has 1 saturated carbocycles. The Morgan fingerprint density at radius 1 is 1.16 bits per heavy atom. The lowest BCUT2D eigenvalue weighted by Crippen LogP contribution is -2.04. The van der Waals surface area contributed by atoms with Crippen molar-refractivity contribution < 1.29 is 4.42 Å². The maximum atomic E-state index is 5.70. The molecule has 4 aromatic rings. The molecule has 25 heavy (non-hydrogen) atoms. The molecule has 0 atom stereocenters. The number of rotatable bonds is 5. The molecule has 1 aliphatic rings. The number of fused-ring (bicyclic) bond motifs is 1. The molecule has 5 rings (SSSR count). The summed E-state index contributed by atoms with van der Waals surface area (Å²) in [6.45, 7) is 0.434. The predicted molar refractivity (Wildman–Crippen MR) is 94.2 cm³/mol. The highest BCUT2D eigenvalue weighted by molar-refractivity contribution is 7.16. The zero-order valence-corrected chi connectivity index (χ0v) is 14.0. The van der Waals surface area contributed by atoms with Gasteiger partial charge in [-0.15, -0.1) is 21.5 Å². The summed E-state index contributed by atoms with van der Waals surface area (Å²) in [6.07, 6.45) is 4.02. The van der Waals surface area contributed by atoms with Crippen LogP contribution in [0.25, 0.3) is 21.7 Å². The molecule has 0 spiro atoms. The first-order valence-electron chi connectivity index (χ1n) is 8.09. The van der Waals surface area contributed by atoms with Crippen molar-refractivity contribution in [2.75, 3.05) is 5.32 Å². The Morgan fingerprint density at radius 2 is 2.12 bits per heavy atom. The van der Waals surface area contributed by atoms with Crippen molar-refractivity contribution in [2.24, 2.45) is 0 Å². The number of aromatic nitrogens is 5. The molecule has 7 nitrogen and oxygen atoms in total. The largest absolute Gasteiger partial charge is 0.423 e. The molecule has 0 bridgehead atoms. The molecule has 0 aliphatic heterocycles. The zero-order valence-electron chi connectivity index (χ0n) is 13.2. The standard InChI is InChI=1S/C17H14N6OS/c1-2-7-18-12(3-1)15-20-14(11-6-8-25-17(11)21-15)19-9-13-22-23-16(24-13)10-4-5-10/h1-3,6-8,10H,4-5,9H2,(H,19,20,21). The Balaban J connectivity index is 1.45. The van der Waals surface area contributed by atoms with Gasteiger partial charge in [-0.1, -0.05) is 6.07 Å². The van der Waals surface area contributed by atoms with E-state index in [0.717, 1.165) is 40.5 Å². The molecule has 4 heterocycles. The van der Waals surface area contributed by atoms with Gasteiger partial charge in [0.1, 0.15) is 16.3 Å². The smallest absolute Gasteiger partial charge is 0.235 e. The Labute approximate surface area is 147 Å². The van der Waals surface area contributed by atoms with Gasteiger partial charge in [0.05, 0.1) is 11.9 Å². The summed E-state index contributed by atoms with van der Waals surface area (Å²) in [5.41, 5.74) is 0.745. The first kappa shape index (κ1) is 14.5. The van der Waals surface area contributed by atoms with Crippen LogP contribution in [0.5, 0.6) is 0 Å². The summed E-state index contributed by atoms with van der Waals surface area (Å²) in [5.74, 6) is 3.12. The first-order chi connectivity index (χ1) is 12.4. The zero-order chi connectivity index (χ0) is 16.6. The molecule has 8 heteroatoms. The van der Waals surface area contributed by atoms with Gasteiger partial charge in [0.2, 0.25) is 11.8 Å². The van der Waals surface area contributed by atoms with Gasteiger partial charge < -0.3 is 9.73 Å². The topological polar surface area (TPSA) is 89.6 Å². The van der Waals surface area contributed by atoms with E-state index in [1.165, 1.54) is 0 Å². The Morgan fingerprint density at radius 3 is 2.96 bits per heavy atom. The average molecular weight is 350 g/mol. The number of hydrogen-bond donors (Lipinski definition) is 1. The van der Waals surface area contributed by atoms with Crippen molar-refractivity contribution in [3.8, 4) is 11.5 Å². The molecule has 0 amide bonds. The van der Waals surface area contributed by atoms with Crippen molar-refractivity contribution >= 4 is 27.4 Å². The number of nitrogens with one attached hydrogen (secondary N) is 1. The second-order valence-corrected chi connectivity index (χ2v) is 6.81. The van der Waals surface area contributed by atoms with Crippen LogP contribution in [0.4, 0.5) is 5.82 Å². The van der Waals surface area contributed by atoms with Crippen LogP contribution in [-0.2, 0) is 6.54 Å². The molecule has 0 radical (unpaired) electrons. The van der Waals surface area contributed by atoms with Crippen LogP contribution in [-0.4, -0.2) is 25.1 Å². The highest BCUT2D eigenvalue weighted by Gasteiger charge is 2.29. The minimum absolute atomic E-state index is 0.434. The fourth-order valence-electron chi connectivity index (χ4n) is 2.59. The number of anilines is 1. The lowest BCUT2D eigenvalue weighted by molar-refractivity contribution is 0.457. The van der Waals surface area contributed by atoms with Crippen molar-refractivity contribution in [2.45, 2.75) is 25.3 Å². The lowest BCUT2D eigenvalue weighted by atomic mass is 10.3. The van der Waals surface area contributed by atoms with Crippen LogP contribution in [0.1, 0.15) is 30.5 Å². The van der Waals surface area contributed by atoms with Crippen LogP contribution in [0.2, 0.25) is 0 Å². The minimum Gasteiger partial charge on any atom is -0.423 e. The van der Waals surface area contributed by atoms with Gasteiger partial charge in [0.15, 0.2) is 5.82 Å². The summed E-state index contributed by atoms with van der Waals surface area (Å²) in [5, 5.41) is 14.5. The summed E-state index contributed by atoms with van der Waals surface area (Å²) >= 11 is 1.58. The number of thiophene rings is 1.